The lowest BCUT2D eigenvalue weighted by molar-refractivity contribution is 1.48. The van der Waals surface area contributed by atoms with Crippen LogP contribution in [0.1, 0.15) is 5.56 Å². The monoisotopic (exact) mass is 344 g/mol. The number of nitrogens with two attached hydrogens (primary N) is 1. The highest BCUT2D eigenvalue weighted by Gasteiger charge is 2.12. The second-order valence-electron chi connectivity index (χ2n) is 4.54. The third-order valence-electron chi connectivity index (χ3n) is 3.35. The fraction of sp³-hybridized carbons (Fsp3) is 0.0625. The van der Waals surface area contributed by atoms with Gasteiger partial charge in [-0.2, -0.15) is 0 Å². The van der Waals surface area contributed by atoms with Crippen LogP contribution in [0.5, 0.6) is 0 Å². The summed E-state index contributed by atoms with van der Waals surface area (Å²) in [5.74, 6) is 0.712. The van der Waals surface area contributed by atoms with Crippen molar-refractivity contribution in [3.8, 4) is 0 Å². The molecule has 0 aliphatic rings. The third kappa shape index (κ3) is 2.30. The van der Waals surface area contributed by atoms with Crippen LogP contribution in [0.4, 0.5) is 0 Å². The molecule has 0 unspecified atom stereocenters. The maximum atomic E-state index is 7.43. The summed E-state index contributed by atoms with van der Waals surface area (Å²) in [6.07, 6.45) is 0. The average Bonchev–Trinajstić information content (AvgIpc) is 2.47. The van der Waals surface area contributed by atoms with Crippen LogP contribution in [-0.4, -0.2) is 5.17 Å². The summed E-state index contributed by atoms with van der Waals surface area (Å²) < 4.78 is 1.13. The first-order chi connectivity index (χ1) is 9.68. The first kappa shape index (κ1) is 13.5. The standard InChI is InChI=1S/C16H13BrN2S/c17-15-12-7-3-1-5-10(12)14(9-20-16(18)19)11-6-2-4-8-13(11)15/h1-8H,9H2,(H3,18,19). The zero-order chi connectivity index (χ0) is 14.1. The Kier molecular flexibility index (Phi) is 3.68. The van der Waals surface area contributed by atoms with Gasteiger partial charge in [-0.25, -0.2) is 0 Å². The Balaban J connectivity index is 2.37. The molecule has 3 aromatic carbocycles. The topological polar surface area (TPSA) is 49.9 Å². The van der Waals surface area contributed by atoms with E-state index in [9.17, 15) is 0 Å². The molecule has 0 aliphatic heterocycles. The lowest BCUT2D eigenvalue weighted by atomic mass is 9.98. The molecule has 0 saturated heterocycles. The molecule has 0 spiro atoms. The van der Waals surface area contributed by atoms with Crippen LogP contribution in [0.15, 0.2) is 53.0 Å². The van der Waals surface area contributed by atoms with Crippen LogP contribution in [0.2, 0.25) is 0 Å². The summed E-state index contributed by atoms with van der Waals surface area (Å²) in [6.45, 7) is 0. The van der Waals surface area contributed by atoms with E-state index < -0.39 is 0 Å². The van der Waals surface area contributed by atoms with Crippen molar-refractivity contribution in [3.63, 3.8) is 0 Å². The number of rotatable bonds is 2. The summed E-state index contributed by atoms with van der Waals surface area (Å²) in [5.41, 5.74) is 6.73. The Labute approximate surface area is 130 Å². The van der Waals surface area contributed by atoms with Gasteiger partial charge in [0.05, 0.1) is 0 Å². The number of fused-ring (bicyclic) bond motifs is 2. The minimum Gasteiger partial charge on any atom is -0.379 e. The van der Waals surface area contributed by atoms with Crippen molar-refractivity contribution in [2.75, 3.05) is 0 Å². The normalized spacial score (nSPS) is 11.1. The molecule has 3 aromatic rings. The van der Waals surface area contributed by atoms with Crippen LogP contribution in [0, 0.1) is 5.41 Å². The second kappa shape index (κ2) is 5.46. The molecule has 0 atom stereocenters. The Hall–Kier alpha value is -1.52. The molecule has 3 rings (SSSR count). The molecule has 3 N–H and O–H groups in total. The van der Waals surface area contributed by atoms with Crippen LogP contribution in [0.3, 0.4) is 0 Å². The Morgan fingerprint density at radius 2 is 1.40 bits per heavy atom. The van der Waals surface area contributed by atoms with E-state index in [4.69, 9.17) is 11.1 Å². The van der Waals surface area contributed by atoms with Crippen LogP contribution in [-0.2, 0) is 5.75 Å². The summed E-state index contributed by atoms with van der Waals surface area (Å²) in [6, 6.07) is 16.7. The molecule has 0 bridgehead atoms. The highest BCUT2D eigenvalue weighted by molar-refractivity contribution is 9.10. The number of hydrogen-bond acceptors (Lipinski definition) is 2. The molecule has 0 aromatic heterocycles. The van der Waals surface area contributed by atoms with Gasteiger partial charge in [0, 0.05) is 10.2 Å². The summed E-state index contributed by atoms with van der Waals surface area (Å²) in [5, 5.41) is 12.4. The number of halogens is 1. The zero-order valence-electron chi connectivity index (χ0n) is 10.7. The fourth-order valence-electron chi connectivity index (χ4n) is 2.47. The number of amidine groups is 1. The molecular formula is C16H13BrN2S. The second-order valence-corrected chi connectivity index (χ2v) is 6.35. The largest absolute Gasteiger partial charge is 0.379 e. The number of thioether (sulfide) groups is 1. The third-order valence-corrected chi connectivity index (χ3v) is 4.95. The van der Waals surface area contributed by atoms with Crippen LogP contribution in [0.25, 0.3) is 21.5 Å². The molecule has 100 valence electrons. The van der Waals surface area contributed by atoms with Crippen molar-refractivity contribution < 1.29 is 0 Å². The summed E-state index contributed by atoms with van der Waals surface area (Å²) in [4.78, 5) is 0. The van der Waals surface area contributed by atoms with Crippen LogP contribution < -0.4 is 5.73 Å². The van der Waals surface area contributed by atoms with E-state index >= 15 is 0 Å². The summed E-state index contributed by atoms with van der Waals surface area (Å²) in [7, 11) is 0. The van der Waals surface area contributed by atoms with Gasteiger partial charge in [-0.1, -0.05) is 60.3 Å². The quantitative estimate of drug-likeness (QED) is 0.395. The average molecular weight is 345 g/mol. The van der Waals surface area contributed by atoms with Gasteiger partial charge >= 0.3 is 0 Å². The van der Waals surface area contributed by atoms with E-state index in [-0.39, 0.29) is 5.17 Å². The SMILES string of the molecule is N=C(N)SCc1c2ccccc2c(Br)c2ccccc12. The van der Waals surface area contributed by atoms with Crippen LogP contribution >= 0.6 is 27.7 Å². The Bertz CT molecular complexity index is 757. The van der Waals surface area contributed by atoms with Crippen molar-refractivity contribution >= 4 is 54.4 Å². The molecule has 0 fully saturated rings. The predicted molar refractivity (Wildman–Crippen MR) is 92.4 cm³/mol. The maximum absolute atomic E-state index is 7.43. The molecule has 0 amide bonds. The van der Waals surface area contributed by atoms with Gasteiger partial charge in [0.25, 0.3) is 0 Å². The van der Waals surface area contributed by atoms with Crippen molar-refractivity contribution in [2.24, 2.45) is 5.73 Å². The van der Waals surface area contributed by atoms with E-state index in [0.29, 0.717) is 5.75 Å². The van der Waals surface area contributed by atoms with Gasteiger partial charge in [-0.15, -0.1) is 0 Å². The maximum Gasteiger partial charge on any atom is 0.151 e. The van der Waals surface area contributed by atoms with Crippen molar-refractivity contribution in [1.29, 1.82) is 5.41 Å². The van der Waals surface area contributed by atoms with E-state index in [2.05, 4.69) is 40.2 Å². The molecule has 0 saturated carbocycles. The van der Waals surface area contributed by atoms with Gasteiger partial charge in [-0.05, 0) is 43.0 Å². The predicted octanol–water partition coefficient (Wildman–Crippen LogP) is 4.88. The molecular weight excluding hydrogens is 332 g/mol. The number of nitrogens with one attached hydrogen (secondary N) is 1. The first-order valence-electron chi connectivity index (χ1n) is 6.23. The van der Waals surface area contributed by atoms with Gasteiger partial charge in [0.15, 0.2) is 5.17 Å². The smallest absolute Gasteiger partial charge is 0.151 e. The van der Waals surface area contributed by atoms with E-state index in [0.717, 1.165) is 4.47 Å². The van der Waals surface area contributed by atoms with Crippen molar-refractivity contribution in [1.82, 2.24) is 0 Å². The summed E-state index contributed by atoms with van der Waals surface area (Å²) >= 11 is 5.09. The minimum absolute atomic E-state index is 0.154. The highest BCUT2D eigenvalue weighted by Crippen LogP contribution is 2.37. The van der Waals surface area contributed by atoms with Gasteiger partial charge in [0.2, 0.25) is 0 Å². The van der Waals surface area contributed by atoms with E-state index in [1.165, 1.54) is 38.9 Å². The molecule has 0 heterocycles. The number of benzene rings is 3. The lowest BCUT2D eigenvalue weighted by Gasteiger charge is -2.13. The van der Waals surface area contributed by atoms with E-state index in [1.807, 2.05) is 24.3 Å². The highest BCUT2D eigenvalue weighted by atomic mass is 79.9. The van der Waals surface area contributed by atoms with Crippen molar-refractivity contribution in [2.45, 2.75) is 5.75 Å². The Morgan fingerprint density at radius 3 is 1.85 bits per heavy atom. The molecule has 2 nitrogen and oxygen atoms in total. The van der Waals surface area contributed by atoms with Crippen molar-refractivity contribution in [3.05, 3.63) is 58.6 Å². The molecule has 4 heteroatoms. The number of hydrogen-bond donors (Lipinski definition) is 2. The van der Waals surface area contributed by atoms with E-state index in [1.54, 1.807) is 0 Å². The zero-order valence-corrected chi connectivity index (χ0v) is 13.1. The van der Waals surface area contributed by atoms with Gasteiger partial charge < -0.3 is 5.73 Å². The molecule has 0 radical (unpaired) electrons. The first-order valence-corrected chi connectivity index (χ1v) is 8.01. The fourth-order valence-corrected chi connectivity index (χ4v) is 3.77. The minimum atomic E-state index is 0.154. The Morgan fingerprint density at radius 1 is 0.950 bits per heavy atom. The van der Waals surface area contributed by atoms with Gasteiger partial charge in [-0.3, -0.25) is 5.41 Å². The van der Waals surface area contributed by atoms with Gasteiger partial charge in [0.1, 0.15) is 0 Å². The lowest BCUT2D eigenvalue weighted by Crippen LogP contribution is -2.04. The molecule has 0 aliphatic carbocycles. The molecule has 20 heavy (non-hydrogen) atoms.